The zero-order valence-electron chi connectivity index (χ0n) is 10.0. The van der Waals surface area contributed by atoms with Crippen LogP contribution in [0.15, 0.2) is 12.4 Å². The predicted molar refractivity (Wildman–Crippen MR) is 66.6 cm³/mol. The number of anilines is 1. The van der Waals surface area contributed by atoms with E-state index in [0.29, 0.717) is 12.5 Å². The van der Waals surface area contributed by atoms with E-state index in [0.717, 1.165) is 37.4 Å². The van der Waals surface area contributed by atoms with Gasteiger partial charge in [-0.25, -0.2) is 4.98 Å². The van der Waals surface area contributed by atoms with Gasteiger partial charge in [-0.3, -0.25) is 4.98 Å². The minimum absolute atomic E-state index is 0.274. The maximum absolute atomic E-state index is 8.98. The lowest BCUT2D eigenvalue weighted by molar-refractivity contribution is 0.244. The van der Waals surface area contributed by atoms with Crippen molar-refractivity contribution in [3.05, 3.63) is 18.1 Å². The highest BCUT2D eigenvalue weighted by molar-refractivity contribution is 5.36. The van der Waals surface area contributed by atoms with Crippen LogP contribution >= 0.6 is 0 Å². The summed E-state index contributed by atoms with van der Waals surface area (Å²) < 4.78 is 0. The molecule has 1 aromatic rings. The quantitative estimate of drug-likeness (QED) is 0.797. The first kappa shape index (κ1) is 12.3. The third-order valence-electron chi connectivity index (χ3n) is 3.28. The lowest BCUT2D eigenvalue weighted by Gasteiger charge is -2.33. The summed E-state index contributed by atoms with van der Waals surface area (Å²) in [5.41, 5.74) is 6.31. The van der Waals surface area contributed by atoms with Crippen LogP contribution in [0.4, 0.5) is 5.82 Å². The molecule has 1 aliphatic heterocycles. The minimum Gasteiger partial charge on any atom is -0.396 e. The molecule has 1 fully saturated rings. The van der Waals surface area contributed by atoms with Crippen LogP contribution in [-0.4, -0.2) is 34.8 Å². The highest BCUT2D eigenvalue weighted by atomic mass is 16.3. The van der Waals surface area contributed by atoms with Gasteiger partial charge in [0.15, 0.2) is 0 Å². The van der Waals surface area contributed by atoms with Gasteiger partial charge in [0.05, 0.1) is 18.1 Å². The smallest absolute Gasteiger partial charge is 0.147 e. The molecule has 94 valence electrons. The molecule has 2 rings (SSSR count). The van der Waals surface area contributed by atoms with Gasteiger partial charge in [0, 0.05) is 26.2 Å². The van der Waals surface area contributed by atoms with Crippen LogP contribution < -0.4 is 10.6 Å². The number of hydrogen-bond acceptors (Lipinski definition) is 5. The van der Waals surface area contributed by atoms with Crippen molar-refractivity contribution >= 4 is 5.82 Å². The Balaban J connectivity index is 2.00. The molecule has 17 heavy (non-hydrogen) atoms. The molecule has 0 bridgehead atoms. The number of piperidine rings is 1. The molecule has 0 aromatic carbocycles. The number of nitrogens with zero attached hydrogens (tertiary/aromatic N) is 3. The second kappa shape index (κ2) is 5.93. The summed E-state index contributed by atoms with van der Waals surface area (Å²) in [4.78, 5) is 10.9. The zero-order chi connectivity index (χ0) is 12.1. The lowest BCUT2D eigenvalue weighted by Crippen LogP contribution is -2.36. The fourth-order valence-electron chi connectivity index (χ4n) is 2.31. The van der Waals surface area contributed by atoms with Gasteiger partial charge < -0.3 is 15.7 Å². The van der Waals surface area contributed by atoms with Gasteiger partial charge in [-0.2, -0.15) is 0 Å². The monoisotopic (exact) mass is 236 g/mol. The second-order valence-electron chi connectivity index (χ2n) is 4.54. The van der Waals surface area contributed by atoms with Gasteiger partial charge in [0.1, 0.15) is 5.82 Å². The van der Waals surface area contributed by atoms with Crippen molar-refractivity contribution in [2.24, 2.45) is 11.7 Å². The average Bonchev–Trinajstić information content (AvgIpc) is 2.40. The number of nitrogens with two attached hydrogens (primary N) is 1. The van der Waals surface area contributed by atoms with Crippen LogP contribution in [0, 0.1) is 5.92 Å². The number of hydrogen-bond donors (Lipinski definition) is 2. The Kier molecular flexibility index (Phi) is 4.28. The fourth-order valence-corrected chi connectivity index (χ4v) is 2.31. The maximum atomic E-state index is 8.98. The number of rotatable bonds is 4. The Morgan fingerprint density at radius 1 is 1.41 bits per heavy atom. The van der Waals surface area contributed by atoms with E-state index >= 15 is 0 Å². The normalized spacial score (nSPS) is 20.6. The third-order valence-corrected chi connectivity index (χ3v) is 3.28. The van der Waals surface area contributed by atoms with E-state index in [1.807, 2.05) is 0 Å². The SMILES string of the molecule is NCc1cnc(N2CCCC(CCO)C2)cn1. The van der Waals surface area contributed by atoms with Crippen molar-refractivity contribution in [1.29, 1.82) is 0 Å². The van der Waals surface area contributed by atoms with Gasteiger partial charge >= 0.3 is 0 Å². The van der Waals surface area contributed by atoms with Gasteiger partial charge in [-0.1, -0.05) is 0 Å². The second-order valence-corrected chi connectivity index (χ2v) is 4.54. The highest BCUT2D eigenvalue weighted by Gasteiger charge is 2.20. The van der Waals surface area contributed by atoms with E-state index in [4.69, 9.17) is 10.8 Å². The fraction of sp³-hybridized carbons (Fsp3) is 0.667. The summed E-state index contributed by atoms with van der Waals surface area (Å²) in [6.45, 7) is 2.70. The van der Waals surface area contributed by atoms with Gasteiger partial charge in [0.25, 0.3) is 0 Å². The first-order valence-electron chi connectivity index (χ1n) is 6.20. The van der Waals surface area contributed by atoms with E-state index in [9.17, 15) is 0 Å². The van der Waals surface area contributed by atoms with E-state index < -0.39 is 0 Å². The molecular weight excluding hydrogens is 216 g/mol. The Morgan fingerprint density at radius 2 is 2.29 bits per heavy atom. The maximum Gasteiger partial charge on any atom is 0.147 e. The van der Waals surface area contributed by atoms with Crippen molar-refractivity contribution in [3.8, 4) is 0 Å². The van der Waals surface area contributed by atoms with Gasteiger partial charge in [-0.05, 0) is 25.2 Å². The van der Waals surface area contributed by atoms with E-state index in [1.165, 1.54) is 6.42 Å². The molecule has 0 aliphatic carbocycles. The van der Waals surface area contributed by atoms with Crippen LogP contribution in [0.25, 0.3) is 0 Å². The van der Waals surface area contributed by atoms with Crippen LogP contribution in [-0.2, 0) is 6.54 Å². The molecule has 2 heterocycles. The molecule has 0 radical (unpaired) electrons. The predicted octanol–water partition coefficient (Wildman–Crippen LogP) is 0.534. The molecule has 1 saturated heterocycles. The van der Waals surface area contributed by atoms with Crippen molar-refractivity contribution < 1.29 is 5.11 Å². The Hall–Kier alpha value is -1.20. The first-order chi connectivity index (χ1) is 8.33. The summed E-state index contributed by atoms with van der Waals surface area (Å²) in [6, 6.07) is 0. The van der Waals surface area contributed by atoms with Gasteiger partial charge in [0.2, 0.25) is 0 Å². The molecule has 5 nitrogen and oxygen atoms in total. The number of aliphatic hydroxyl groups excluding tert-OH is 1. The Labute approximate surface area is 102 Å². The molecule has 3 N–H and O–H groups in total. The highest BCUT2D eigenvalue weighted by Crippen LogP contribution is 2.22. The van der Waals surface area contributed by atoms with Gasteiger partial charge in [-0.15, -0.1) is 0 Å². The molecule has 5 heteroatoms. The minimum atomic E-state index is 0.274. The lowest BCUT2D eigenvalue weighted by atomic mass is 9.95. The van der Waals surface area contributed by atoms with E-state index in [1.54, 1.807) is 12.4 Å². The third kappa shape index (κ3) is 3.14. The van der Waals surface area contributed by atoms with Crippen LogP contribution in [0.5, 0.6) is 0 Å². The van der Waals surface area contributed by atoms with E-state index in [-0.39, 0.29) is 6.61 Å². The molecule has 0 saturated carbocycles. The molecule has 1 atom stereocenters. The molecule has 1 aromatic heterocycles. The van der Waals surface area contributed by atoms with Crippen molar-refractivity contribution in [2.75, 3.05) is 24.6 Å². The standard InChI is InChI=1S/C12H20N4O/c13-6-11-7-15-12(8-14-11)16-4-1-2-10(9-16)3-5-17/h7-8,10,17H,1-6,9,13H2. The average molecular weight is 236 g/mol. The Bertz CT molecular complexity index is 339. The summed E-state index contributed by atoms with van der Waals surface area (Å²) in [6.07, 6.45) is 6.77. The van der Waals surface area contributed by atoms with Crippen molar-refractivity contribution in [1.82, 2.24) is 9.97 Å². The van der Waals surface area contributed by atoms with E-state index in [2.05, 4.69) is 14.9 Å². The molecule has 0 amide bonds. The summed E-state index contributed by atoms with van der Waals surface area (Å²) in [5.74, 6) is 1.49. The molecule has 1 unspecified atom stereocenters. The topological polar surface area (TPSA) is 75.3 Å². The van der Waals surface area contributed by atoms with Crippen molar-refractivity contribution in [2.45, 2.75) is 25.8 Å². The summed E-state index contributed by atoms with van der Waals surface area (Å²) in [5, 5.41) is 8.98. The summed E-state index contributed by atoms with van der Waals surface area (Å²) in [7, 11) is 0. The first-order valence-corrected chi connectivity index (χ1v) is 6.20. The van der Waals surface area contributed by atoms with Crippen LogP contribution in [0.3, 0.4) is 0 Å². The largest absolute Gasteiger partial charge is 0.396 e. The van der Waals surface area contributed by atoms with Crippen molar-refractivity contribution in [3.63, 3.8) is 0 Å². The summed E-state index contributed by atoms with van der Waals surface area (Å²) >= 11 is 0. The molecular formula is C12H20N4O. The van der Waals surface area contributed by atoms with Crippen LogP contribution in [0.2, 0.25) is 0 Å². The Morgan fingerprint density at radius 3 is 2.94 bits per heavy atom. The number of aliphatic hydroxyl groups is 1. The number of aromatic nitrogens is 2. The molecule has 0 spiro atoms. The molecule has 1 aliphatic rings. The van der Waals surface area contributed by atoms with Crippen LogP contribution in [0.1, 0.15) is 25.0 Å². The zero-order valence-corrected chi connectivity index (χ0v) is 10.0.